The van der Waals surface area contributed by atoms with Crippen LogP contribution in [-0.4, -0.2) is 62.0 Å². The SMILES string of the molecule is c1ccc(COC[C@H]2O[C@H]3C[C@H]4O[C@H]5CCCO[C@@H]5C[C@@H]4O[C@@H]3C[C@@H]2OCc2ccccc2)cc1. The fourth-order valence-electron chi connectivity index (χ4n) is 5.93. The maximum atomic E-state index is 6.63. The Balaban J connectivity index is 1.11. The van der Waals surface area contributed by atoms with Crippen molar-refractivity contribution < 1.29 is 28.4 Å². The first-order valence-corrected chi connectivity index (χ1v) is 13.2. The average Bonchev–Trinajstić information content (AvgIpc) is 2.91. The first-order valence-electron chi connectivity index (χ1n) is 13.2. The smallest absolute Gasteiger partial charge is 0.108 e. The summed E-state index contributed by atoms with van der Waals surface area (Å²) in [7, 11) is 0. The van der Waals surface area contributed by atoms with E-state index in [9.17, 15) is 0 Å². The summed E-state index contributed by atoms with van der Waals surface area (Å²) in [4.78, 5) is 0. The van der Waals surface area contributed by atoms with Crippen LogP contribution in [0.4, 0.5) is 0 Å². The van der Waals surface area contributed by atoms with Gasteiger partial charge in [0.05, 0.1) is 62.5 Å². The van der Waals surface area contributed by atoms with Gasteiger partial charge in [-0.05, 0) is 24.0 Å². The molecule has 188 valence electrons. The molecule has 0 bridgehead atoms. The average molecular weight is 481 g/mol. The minimum atomic E-state index is -0.141. The molecule has 35 heavy (non-hydrogen) atoms. The van der Waals surface area contributed by atoms with E-state index in [1.54, 1.807) is 0 Å². The lowest BCUT2D eigenvalue weighted by molar-refractivity contribution is -0.296. The lowest BCUT2D eigenvalue weighted by Crippen LogP contribution is -2.61. The summed E-state index contributed by atoms with van der Waals surface area (Å²) in [6.45, 7) is 2.43. The normalized spacial score (nSPS) is 36.6. The second-order valence-electron chi connectivity index (χ2n) is 10.2. The molecule has 0 amide bonds. The molecule has 2 aromatic rings. The number of rotatable bonds is 7. The molecule has 6 nitrogen and oxygen atoms in total. The van der Waals surface area contributed by atoms with Gasteiger partial charge in [-0.15, -0.1) is 0 Å². The standard InChI is InChI=1S/C29H36O6/c1-3-8-20(9-4-1)17-30-19-29-24(32-18-21-10-5-2-6-11-21)15-26-28(35-29)16-27-25(34-26)14-23-22(33-27)12-7-13-31-23/h1-6,8-11,22-29H,7,12-19H2/t22-,23+,24-,25-,26+,27+,28-,29+/m0/s1. The van der Waals surface area contributed by atoms with E-state index >= 15 is 0 Å². The monoisotopic (exact) mass is 480 g/mol. The van der Waals surface area contributed by atoms with Gasteiger partial charge in [-0.1, -0.05) is 60.7 Å². The van der Waals surface area contributed by atoms with Crippen LogP contribution in [0.15, 0.2) is 60.7 Å². The molecule has 4 saturated heterocycles. The van der Waals surface area contributed by atoms with Crippen LogP contribution in [-0.2, 0) is 41.6 Å². The largest absolute Gasteiger partial charge is 0.375 e. The Hall–Kier alpha value is -1.80. The molecule has 0 spiro atoms. The zero-order chi connectivity index (χ0) is 23.5. The molecule has 4 aliphatic heterocycles. The highest BCUT2D eigenvalue weighted by Crippen LogP contribution is 2.40. The number of benzene rings is 2. The highest BCUT2D eigenvalue weighted by atomic mass is 16.6. The Morgan fingerprint density at radius 3 is 2.06 bits per heavy atom. The lowest BCUT2D eigenvalue weighted by Gasteiger charge is -2.52. The van der Waals surface area contributed by atoms with Gasteiger partial charge in [-0.3, -0.25) is 0 Å². The van der Waals surface area contributed by atoms with Crippen molar-refractivity contribution in [1.82, 2.24) is 0 Å². The van der Waals surface area contributed by atoms with Crippen molar-refractivity contribution in [1.29, 1.82) is 0 Å². The van der Waals surface area contributed by atoms with Crippen LogP contribution >= 0.6 is 0 Å². The van der Waals surface area contributed by atoms with Gasteiger partial charge < -0.3 is 28.4 Å². The van der Waals surface area contributed by atoms with Crippen molar-refractivity contribution in [2.75, 3.05) is 13.2 Å². The fourth-order valence-corrected chi connectivity index (χ4v) is 5.93. The second kappa shape index (κ2) is 11.1. The Kier molecular flexibility index (Phi) is 7.46. The predicted octanol–water partition coefficient (Wildman–Crippen LogP) is 4.44. The summed E-state index contributed by atoms with van der Waals surface area (Å²) >= 11 is 0. The van der Waals surface area contributed by atoms with Crippen molar-refractivity contribution in [2.45, 2.75) is 94.1 Å². The van der Waals surface area contributed by atoms with Gasteiger partial charge in [-0.2, -0.15) is 0 Å². The van der Waals surface area contributed by atoms with Crippen LogP contribution in [0.1, 0.15) is 43.2 Å². The Morgan fingerprint density at radius 2 is 1.29 bits per heavy atom. The van der Waals surface area contributed by atoms with Crippen LogP contribution in [0.25, 0.3) is 0 Å². The first-order chi connectivity index (χ1) is 17.3. The Morgan fingerprint density at radius 1 is 0.657 bits per heavy atom. The molecule has 0 N–H and O–H groups in total. The maximum absolute atomic E-state index is 6.63. The van der Waals surface area contributed by atoms with E-state index in [0.717, 1.165) is 49.8 Å². The summed E-state index contributed by atoms with van der Waals surface area (Å²) in [6.07, 6.45) is 5.00. The van der Waals surface area contributed by atoms with Crippen molar-refractivity contribution in [2.24, 2.45) is 0 Å². The van der Waals surface area contributed by atoms with Crippen LogP contribution in [0.2, 0.25) is 0 Å². The van der Waals surface area contributed by atoms with Gasteiger partial charge in [0.15, 0.2) is 0 Å². The minimum Gasteiger partial charge on any atom is -0.375 e. The number of fused-ring (bicyclic) bond motifs is 3. The second-order valence-corrected chi connectivity index (χ2v) is 10.2. The summed E-state index contributed by atoms with van der Waals surface area (Å²) < 4.78 is 38.2. The predicted molar refractivity (Wildman–Crippen MR) is 130 cm³/mol. The third-order valence-corrected chi connectivity index (χ3v) is 7.77. The lowest BCUT2D eigenvalue weighted by atomic mass is 9.85. The maximum Gasteiger partial charge on any atom is 0.108 e. The molecule has 0 aliphatic carbocycles. The molecule has 0 unspecified atom stereocenters. The summed E-state index contributed by atoms with van der Waals surface area (Å²) in [5.74, 6) is 0. The van der Waals surface area contributed by atoms with Crippen molar-refractivity contribution in [3.8, 4) is 0 Å². The molecule has 4 fully saturated rings. The number of ether oxygens (including phenoxy) is 6. The molecule has 6 heteroatoms. The molecule has 0 saturated carbocycles. The van der Waals surface area contributed by atoms with E-state index in [4.69, 9.17) is 28.4 Å². The van der Waals surface area contributed by atoms with Crippen molar-refractivity contribution >= 4 is 0 Å². The summed E-state index contributed by atoms with van der Waals surface area (Å²) in [5.41, 5.74) is 2.32. The van der Waals surface area contributed by atoms with Gasteiger partial charge in [-0.25, -0.2) is 0 Å². The minimum absolute atomic E-state index is 0.000732. The molecule has 0 aromatic heterocycles. The third-order valence-electron chi connectivity index (χ3n) is 7.77. The van der Waals surface area contributed by atoms with Crippen LogP contribution in [0.3, 0.4) is 0 Å². The number of hydrogen-bond donors (Lipinski definition) is 0. The topological polar surface area (TPSA) is 55.4 Å². The Labute approximate surface area is 207 Å². The fraction of sp³-hybridized carbons (Fsp3) is 0.586. The number of hydrogen-bond acceptors (Lipinski definition) is 6. The first kappa shape index (κ1) is 23.6. The zero-order valence-electron chi connectivity index (χ0n) is 20.2. The molecule has 2 aromatic carbocycles. The van der Waals surface area contributed by atoms with Crippen molar-refractivity contribution in [3.63, 3.8) is 0 Å². The quantitative estimate of drug-likeness (QED) is 0.584. The molecule has 4 heterocycles. The zero-order valence-corrected chi connectivity index (χ0v) is 20.2. The van der Waals surface area contributed by atoms with Crippen molar-refractivity contribution in [3.05, 3.63) is 71.8 Å². The summed E-state index contributed by atoms with van der Waals surface area (Å²) in [5, 5.41) is 0. The molecular weight excluding hydrogens is 444 g/mol. The molecule has 6 rings (SSSR count). The molecule has 8 atom stereocenters. The highest BCUT2D eigenvalue weighted by molar-refractivity contribution is 5.14. The van der Waals surface area contributed by atoms with E-state index in [-0.39, 0.29) is 48.8 Å². The van der Waals surface area contributed by atoms with E-state index in [1.807, 2.05) is 36.4 Å². The van der Waals surface area contributed by atoms with E-state index in [0.29, 0.717) is 19.8 Å². The van der Waals surface area contributed by atoms with Crippen LogP contribution < -0.4 is 0 Å². The van der Waals surface area contributed by atoms with Gasteiger partial charge in [0.2, 0.25) is 0 Å². The summed E-state index contributed by atoms with van der Waals surface area (Å²) in [6, 6.07) is 20.6. The van der Waals surface area contributed by atoms with Gasteiger partial charge in [0, 0.05) is 25.9 Å². The van der Waals surface area contributed by atoms with E-state index in [1.165, 1.54) is 0 Å². The third kappa shape index (κ3) is 5.63. The van der Waals surface area contributed by atoms with E-state index in [2.05, 4.69) is 24.3 Å². The van der Waals surface area contributed by atoms with E-state index < -0.39 is 0 Å². The molecule has 4 aliphatic rings. The Bertz CT molecular complexity index is 923. The molecule has 0 radical (unpaired) electrons. The highest BCUT2D eigenvalue weighted by Gasteiger charge is 2.50. The van der Waals surface area contributed by atoms with Gasteiger partial charge in [0.25, 0.3) is 0 Å². The van der Waals surface area contributed by atoms with Crippen LogP contribution in [0.5, 0.6) is 0 Å². The van der Waals surface area contributed by atoms with Gasteiger partial charge >= 0.3 is 0 Å². The molecular formula is C29H36O6. The van der Waals surface area contributed by atoms with Crippen LogP contribution in [0, 0.1) is 0 Å². The van der Waals surface area contributed by atoms with Gasteiger partial charge in [0.1, 0.15) is 6.10 Å².